The number of nitrogens with zero attached hydrogens (tertiary/aromatic N) is 3. The number of nitrogens with one attached hydrogen (secondary N) is 1. The SMILES string of the molecule is Cc1nc2s/c(=C\c3cc(Br)ccc3OCC(=O)Nc3ccc(S(N)(=O)=O)cc3)c(=O)n2n1. The Morgan fingerprint density at radius 3 is 2.67 bits per heavy atom. The third-order valence-electron chi connectivity index (χ3n) is 4.37. The average Bonchev–Trinajstić information content (AvgIpc) is 3.24. The van der Waals surface area contributed by atoms with E-state index >= 15 is 0 Å². The van der Waals surface area contributed by atoms with Gasteiger partial charge in [0.05, 0.1) is 9.43 Å². The minimum absolute atomic E-state index is 0.0594. The predicted molar refractivity (Wildman–Crippen MR) is 127 cm³/mol. The summed E-state index contributed by atoms with van der Waals surface area (Å²) in [5, 5.41) is 11.8. The third-order valence-corrected chi connectivity index (χ3v) is 6.75. The van der Waals surface area contributed by atoms with Crippen LogP contribution in [0.1, 0.15) is 11.4 Å². The van der Waals surface area contributed by atoms with Crippen LogP contribution < -0.4 is 25.3 Å². The molecule has 33 heavy (non-hydrogen) atoms. The Morgan fingerprint density at radius 2 is 2.00 bits per heavy atom. The second-order valence-corrected chi connectivity index (χ2v) is 10.3. The number of amides is 1. The number of aryl methyl sites for hydroxylation is 1. The summed E-state index contributed by atoms with van der Waals surface area (Å²) in [4.78, 5) is 29.5. The number of hydrogen-bond acceptors (Lipinski definition) is 8. The summed E-state index contributed by atoms with van der Waals surface area (Å²) in [6.45, 7) is 1.40. The second-order valence-electron chi connectivity index (χ2n) is 6.86. The van der Waals surface area contributed by atoms with Crippen LogP contribution in [-0.4, -0.2) is 35.5 Å². The van der Waals surface area contributed by atoms with Crippen molar-refractivity contribution < 1.29 is 17.9 Å². The summed E-state index contributed by atoms with van der Waals surface area (Å²) >= 11 is 4.60. The molecule has 2 heterocycles. The van der Waals surface area contributed by atoms with E-state index in [1.54, 1.807) is 31.2 Å². The number of nitrogens with two attached hydrogens (primary N) is 1. The summed E-state index contributed by atoms with van der Waals surface area (Å²) in [5.74, 6) is 0.459. The molecule has 3 N–H and O–H groups in total. The van der Waals surface area contributed by atoms with E-state index in [9.17, 15) is 18.0 Å². The molecule has 13 heteroatoms. The van der Waals surface area contributed by atoms with Crippen LogP contribution in [0.25, 0.3) is 11.0 Å². The molecule has 4 rings (SSSR count). The maximum Gasteiger partial charge on any atom is 0.291 e. The number of thiazole rings is 1. The highest BCUT2D eigenvalue weighted by atomic mass is 79.9. The molecule has 4 aromatic rings. The first-order valence-electron chi connectivity index (χ1n) is 9.33. The fourth-order valence-corrected chi connectivity index (χ4v) is 4.74. The fraction of sp³-hybridized carbons (Fsp3) is 0.100. The first-order chi connectivity index (χ1) is 15.6. The smallest absolute Gasteiger partial charge is 0.291 e. The monoisotopic (exact) mass is 549 g/mol. The first kappa shape index (κ1) is 23.0. The number of ether oxygens (including phenoxy) is 1. The van der Waals surface area contributed by atoms with Crippen molar-refractivity contribution in [2.45, 2.75) is 11.8 Å². The summed E-state index contributed by atoms with van der Waals surface area (Å²) in [5.41, 5.74) is 0.689. The van der Waals surface area contributed by atoms with Crippen molar-refractivity contribution in [2.75, 3.05) is 11.9 Å². The van der Waals surface area contributed by atoms with Crippen LogP contribution in [0.3, 0.4) is 0 Å². The van der Waals surface area contributed by atoms with Gasteiger partial charge in [-0.1, -0.05) is 27.3 Å². The van der Waals surface area contributed by atoms with Gasteiger partial charge in [-0.05, 0) is 55.5 Å². The Morgan fingerprint density at radius 1 is 1.27 bits per heavy atom. The number of carbonyl (C=O) groups excluding carboxylic acids is 1. The molecule has 0 aliphatic rings. The zero-order valence-electron chi connectivity index (χ0n) is 17.0. The molecule has 10 nitrogen and oxygen atoms in total. The van der Waals surface area contributed by atoms with E-state index in [1.165, 1.54) is 40.1 Å². The topological polar surface area (TPSA) is 146 Å². The van der Waals surface area contributed by atoms with Crippen LogP contribution in [0.2, 0.25) is 0 Å². The van der Waals surface area contributed by atoms with E-state index in [1.807, 2.05) is 0 Å². The molecule has 0 spiro atoms. The van der Waals surface area contributed by atoms with Gasteiger partial charge in [0.15, 0.2) is 6.61 Å². The average molecular weight is 550 g/mol. The van der Waals surface area contributed by atoms with Crippen molar-refractivity contribution >= 4 is 59.9 Å². The zero-order valence-corrected chi connectivity index (χ0v) is 20.2. The molecule has 0 fully saturated rings. The molecule has 0 atom stereocenters. The largest absolute Gasteiger partial charge is 0.483 e. The van der Waals surface area contributed by atoms with Gasteiger partial charge in [-0.25, -0.2) is 18.5 Å². The van der Waals surface area contributed by atoms with E-state index in [2.05, 4.69) is 31.3 Å². The molecule has 0 unspecified atom stereocenters. The zero-order chi connectivity index (χ0) is 23.8. The number of fused-ring (bicyclic) bond motifs is 1. The molecule has 170 valence electrons. The van der Waals surface area contributed by atoms with Crippen molar-refractivity contribution in [2.24, 2.45) is 5.14 Å². The maximum atomic E-state index is 12.6. The molecule has 0 radical (unpaired) electrons. The van der Waals surface area contributed by atoms with Gasteiger partial charge >= 0.3 is 0 Å². The molecule has 2 aromatic carbocycles. The van der Waals surface area contributed by atoms with Crippen LogP contribution in [-0.2, 0) is 14.8 Å². The standard InChI is InChI=1S/C20H16BrN5O5S2/c1-11-23-20-26(25-11)19(28)17(32-20)9-12-8-13(21)2-7-16(12)31-10-18(27)24-14-3-5-15(6-4-14)33(22,29)30/h2-9H,10H2,1H3,(H,24,27)(H2,22,29,30)/b17-9-. The number of halogens is 1. The lowest BCUT2D eigenvalue weighted by Gasteiger charge is -2.10. The molecule has 0 aliphatic heterocycles. The molecular formula is C20H16BrN5O5S2. The minimum Gasteiger partial charge on any atom is -0.483 e. The predicted octanol–water partition coefficient (Wildman–Crippen LogP) is 1.43. The number of primary sulfonamides is 1. The highest BCUT2D eigenvalue weighted by Gasteiger charge is 2.12. The Balaban J connectivity index is 1.52. The molecule has 1 amide bonds. The number of hydrogen-bond donors (Lipinski definition) is 2. The number of anilines is 1. The second kappa shape index (κ2) is 9.02. The normalized spacial score (nSPS) is 12.3. The Kier molecular flexibility index (Phi) is 6.30. The Labute approximate surface area is 199 Å². The van der Waals surface area contributed by atoms with Gasteiger partial charge in [0.2, 0.25) is 15.0 Å². The summed E-state index contributed by atoms with van der Waals surface area (Å²) in [7, 11) is -3.81. The van der Waals surface area contributed by atoms with Gasteiger partial charge < -0.3 is 10.1 Å². The van der Waals surface area contributed by atoms with Crippen molar-refractivity contribution in [3.05, 3.63) is 73.2 Å². The number of carbonyl (C=O) groups is 1. The number of sulfonamides is 1. The maximum absolute atomic E-state index is 12.6. The van der Waals surface area contributed by atoms with Crippen LogP contribution >= 0.6 is 27.3 Å². The lowest BCUT2D eigenvalue weighted by Crippen LogP contribution is -2.24. The van der Waals surface area contributed by atoms with E-state index < -0.39 is 15.9 Å². The van der Waals surface area contributed by atoms with Gasteiger partial charge in [-0.15, -0.1) is 5.10 Å². The van der Waals surface area contributed by atoms with Crippen molar-refractivity contribution in [1.29, 1.82) is 0 Å². The summed E-state index contributed by atoms with van der Waals surface area (Å²) in [6.07, 6.45) is 1.66. The van der Waals surface area contributed by atoms with Crippen LogP contribution in [0.15, 0.2) is 56.6 Å². The highest BCUT2D eigenvalue weighted by Crippen LogP contribution is 2.24. The van der Waals surface area contributed by atoms with E-state index in [0.717, 1.165) is 4.47 Å². The lowest BCUT2D eigenvalue weighted by atomic mass is 10.2. The van der Waals surface area contributed by atoms with Gasteiger partial charge in [-0.2, -0.15) is 4.52 Å². The van der Waals surface area contributed by atoms with E-state index in [0.29, 0.717) is 32.3 Å². The van der Waals surface area contributed by atoms with Crippen LogP contribution in [0, 0.1) is 6.92 Å². The number of rotatable bonds is 6. The number of benzene rings is 2. The highest BCUT2D eigenvalue weighted by molar-refractivity contribution is 9.10. The molecule has 0 saturated carbocycles. The fourth-order valence-electron chi connectivity index (χ4n) is 2.90. The van der Waals surface area contributed by atoms with Crippen molar-refractivity contribution in [3.8, 4) is 5.75 Å². The van der Waals surface area contributed by atoms with Gasteiger partial charge in [-0.3, -0.25) is 9.59 Å². The van der Waals surface area contributed by atoms with E-state index in [4.69, 9.17) is 9.88 Å². The molecule has 0 saturated heterocycles. The Bertz CT molecular complexity index is 1580. The van der Waals surface area contributed by atoms with E-state index in [-0.39, 0.29) is 17.1 Å². The quantitative estimate of drug-likeness (QED) is 0.370. The van der Waals surface area contributed by atoms with Crippen molar-refractivity contribution in [1.82, 2.24) is 14.6 Å². The molecule has 2 aromatic heterocycles. The molecular weight excluding hydrogens is 534 g/mol. The van der Waals surface area contributed by atoms with Gasteiger partial charge in [0.1, 0.15) is 11.6 Å². The third kappa shape index (κ3) is 5.27. The number of aromatic nitrogens is 3. The van der Waals surface area contributed by atoms with Gasteiger partial charge in [0.25, 0.3) is 11.5 Å². The minimum atomic E-state index is -3.81. The lowest BCUT2D eigenvalue weighted by molar-refractivity contribution is -0.118. The first-order valence-corrected chi connectivity index (χ1v) is 12.5. The summed E-state index contributed by atoms with van der Waals surface area (Å²) in [6, 6.07) is 10.6. The molecule has 0 aliphatic carbocycles. The van der Waals surface area contributed by atoms with Crippen LogP contribution in [0.5, 0.6) is 5.75 Å². The van der Waals surface area contributed by atoms with Gasteiger partial charge in [0, 0.05) is 15.7 Å². The Hall–Kier alpha value is -3.13. The summed E-state index contributed by atoms with van der Waals surface area (Å²) < 4.78 is 30.8. The van der Waals surface area contributed by atoms with Crippen molar-refractivity contribution in [3.63, 3.8) is 0 Å². The van der Waals surface area contributed by atoms with Crippen LogP contribution in [0.4, 0.5) is 5.69 Å². The molecule has 0 bridgehead atoms.